The fourth-order valence-electron chi connectivity index (χ4n) is 2.79. The van der Waals surface area contributed by atoms with Gasteiger partial charge in [-0.1, -0.05) is 45.3 Å². The van der Waals surface area contributed by atoms with Gasteiger partial charge in [-0.25, -0.2) is 4.79 Å². The van der Waals surface area contributed by atoms with Crippen molar-refractivity contribution in [2.45, 2.75) is 26.3 Å². The first-order chi connectivity index (χ1) is 9.42. The molecule has 0 radical (unpaired) electrons. The third-order valence-electron chi connectivity index (χ3n) is 3.56. The third kappa shape index (κ3) is 3.03. The number of aryl methyl sites for hydroxylation is 2. The highest BCUT2D eigenvalue weighted by molar-refractivity contribution is 9.09. The van der Waals surface area contributed by atoms with Crippen LogP contribution >= 0.6 is 15.9 Å². The van der Waals surface area contributed by atoms with Crippen LogP contribution in [0, 0.1) is 19.8 Å². The Morgan fingerprint density at radius 1 is 1.40 bits per heavy atom. The van der Waals surface area contributed by atoms with Crippen LogP contribution in [0.1, 0.15) is 29.2 Å². The monoisotopic (exact) mass is 339 g/mol. The Labute approximate surface area is 126 Å². The first-order valence-corrected chi connectivity index (χ1v) is 7.71. The van der Waals surface area contributed by atoms with Crippen molar-refractivity contribution in [2.24, 2.45) is 5.92 Å². The van der Waals surface area contributed by atoms with Crippen molar-refractivity contribution in [1.82, 2.24) is 4.90 Å². The molecule has 1 heterocycles. The van der Waals surface area contributed by atoms with Gasteiger partial charge in [-0.3, -0.25) is 4.79 Å². The molecule has 0 aromatic heterocycles. The van der Waals surface area contributed by atoms with Crippen LogP contribution in [0.5, 0.6) is 0 Å². The topological polar surface area (TPSA) is 57.6 Å². The zero-order chi connectivity index (χ0) is 14.9. The molecule has 0 spiro atoms. The fraction of sp³-hybridized carbons (Fsp3) is 0.467. The van der Waals surface area contributed by atoms with Gasteiger partial charge in [0.25, 0.3) is 0 Å². The van der Waals surface area contributed by atoms with Crippen molar-refractivity contribution in [1.29, 1.82) is 0 Å². The molecular formula is C15H18BrNO3. The first-order valence-electron chi connectivity index (χ1n) is 6.58. The van der Waals surface area contributed by atoms with E-state index in [1.807, 2.05) is 32.0 Å². The molecule has 0 saturated carbocycles. The highest BCUT2D eigenvalue weighted by Crippen LogP contribution is 2.30. The average Bonchev–Trinajstić information content (AvgIpc) is 2.69. The number of carbonyl (C=O) groups is 2. The van der Waals surface area contributed by atoms with Crippen LogP contribution in [0.2, 0.25) is 0 Å². The van der Waals surface area contributed by atoms with E-state index in [4.69, 9.17) is 0 Å². The Hall–Kier alpha value is -1.36. The zero-order valence-electron chi connectivity index (χ0n) is 11.6. The number of hydrogen-bond donors (Lipinski definition) is 1. The number of rotatable bonds is 4. The molecule has 2 unspecified atom stereocenters. The molecule has 1 aromatic carbocycles. The average molecular weight is 340 g/mol. The molecule has 0 bridgehead atoms. The molecule has 1 aliphatic rings. The van der Waals surface area contributed by atoms with Crippen LogP contribution in [-0.4, -0.2) is 33.8 Å². The van der Waals surface area contributed by atoms with Gasteiger partial charge < -0.3 is 10.0 Å². The molecule has 1 aromatic rings. The summed E-state index contributed by atoms with van der Waals surface area (Å²) in [4.78, 5) is 25.2. The summed E-state index contributed by atoms with van der Waals surface area (Å²) in [6.45, 7) is 4.36. The molecule has 4 nitrogen and oxygen atoms in total. The number of carbonyl (C=O) groups excluding carboxylic acids is 1. The number of nitrogens with zero attached hydrogens (tertiary/aromatic N) is 1. The van der Waals surface area contributed by atoms with E-state index in [0.29, 0.717) is 23.9 Å². The summed E-state index contributed by atoms with van der Waals surface area (Å²) in [6, 6.07) is 4.81. The minimum absolute atomic E-state index is 0.0824. The number of halogens is 1. The molecule has 1 saturated heterocycles. The van der Waals surface area contributed by atoms with Crippen molar-refractivity contribution in [3.8, 4) is 0 Å². The van der Waals surface area contributed by atoms with Crippen molar-refractivity contribution in [3.05, 3.63) is 34.9 Å². The maximum atomic E-state index is 12.1. The van der Waals surface area contributed by atoms with E-state index in [2.05, 4.69) is 15.9 Å². The summed E-state index contributed by atoms with van der Waals surface area (Å²) in [5, 5.41) is 10.3. The first kappa shape index (κ1) is 15.0. The quantitative estimate of drug-likeness (QED) is 0.858. The second-order valence-corrected chi connectivity index (χ2v) is 6.08. The molecule has 1 fully saturated rings. The van der Waals surface area contributed by atoms with Gasteiger partial charge in [-0.05, 0) is 25.3 Å². The van der Waals surface area contributed by atoms with Gasteiger partial charge >= 0.3 is 5.97 Å². The van der Waals surface area contributed by atoms with Crippen molar-refractivity contribution in [3.63, 3.8) is 0 Å². The van der Waals surface area contributed by atoms with E-state index in [-0.39, 0.29) is 11.8 Å². The maximum absolute atomic E-state index is 12.1. The van der Waals surface area contributed by atoms with E-state index < -0.39 is 12.0 Å². The Balaban J connectivity index is 2.37. The van der Waals surface area contributed by atoms with E-state index in [1.54, 1.807) is 0 Å². The van der Waals surface area contributed by atoms with Crippen molar-refractivity contribution in [2.75, 3.05) is 11.9 Å². The number of hydrogen-bond acceptors (Lipinski definition) is 2. The fourth-order valence-corrected chi connectivity index (χ4v) is 3.22. The maximum Gasteiger partial charge on any atom is 0.331 e. The molecule has 2 rings (SSSR count). The van der Waals surface area contributed by atoms with Gasteiger partial charge in [0.2, 0.25) is 5.91 Å². The molecule has 1 N–H and O–H groups in total. The van der Waals surface area contributed by atoms with Crippen LogP contribution in [0.4, 0.5) is 0 Å². The van der Waals surface area contributed by atoms with E-state index in [9.17, 15) is 14.7 Å². The van der Waals surface area contributed by atoms with Gasteiger partial charge in [0.15, 0.2) is 6.04 Å². The lowest BCUT2D eigenvalue weighted by atomic mass is 10.0. The molecule has 20 heavy (non-hydrogen) atoms. The minimum Gasteiger partial charge on any atom is -0.479 e. The lowest BCUT2D eigenvalue weighted by Crippen LogP contribution is -2.35. The summed E-state index contributed by atoms with van der Waals surface area (Å²) >= 11 is 3.37. The largest absolute Gasteiger partial charge is 0.479 e. The standard InChI is InChI=1S/C15H18BrNO3/c1-9-3-10(2)5-12(4-9)14(15(19)20)17-8-11(7-16)6-13(17)18/h3-5,11,14H,6-8H2,1-2H3,(H,19,20). The van der Waals surface area contributed by atoms with Gasteiger partial charge in [-0.15, -0.1) is 0 Å². The van der Waals surface area contributed by atoms with Crippen LogP contribution in [0.15, 0.2) is 18.2 Å². The molecule has 1 amide bonds. The van der Waals surface area contributed by atoms with Gasteiger partial charge in [-0.2, -0.15) is 0 Å². The summed E-state index contributed by atoms with van der Waals surface area (Å²) < 4.78 is 0. The predicted molar refractivity (Wildman–Crippen MR) is 79.9 cm³/mol. The Bertz CT molecular complexity index is 524. The van der Waals surface area contributed by atoms with Crippen molar-refractivity contribution < 1.29 is 14.7 Å². The van der Waals surface area contributed by atoms with Crippen LogP contribution in [0.25, 0.3) is 0 Å². The highest BCUT2D eigenvalue weighted by atomic mass is 79.9. The zero-order valence-corrected chi connectivity index (χ0v) is 13.2. The molecule has 1 aliphatic heterocycles. The molecule has 0 aliphatic carbocycles. The van der Waals surface area contributed by atoms with Crippen LogP contribution in [-0.2, 0) is 9.59 Å². The predicted octanol–water partition coefficient (Wildman–Crippen LogP) is 2.67. The number of carboxylic acids is 1. The van der Waals surface area contributed by atoms with Crippen LogP contribution in [0.3, 0.4) is 0 Å². The van der Waals surface area contributed by atoms with Crippen LogP contribution < -0.4 is 0 Å². The molecule has 108 valence electrons. The molecule has 2 atom stereocenters. The second-order valence-electron chi connectivity index (χ2n) is 5.43. The number of alkyl halides is 1. The lowest BCUT2D eigenvalue weighted by Gasteiger charge is -2.25. The van der Waals surface area contributed by atoms with Gasteiger partial charge in [0.1, 0.15) is 0 Å². The highest BCUT2D eigenvalue weighted by Gasteiger charge is 2.38. The number of likely N-dealkylation sites (tertiary alicyclic amines) is 1. The Morgan fingerprint density at radius 3 is 2.45 bits per heavy atom. The number of amides is 1. The van der Waals surface area contributed by atoms with E-state index in [1.165, 1.54) is 4.90 Å². The lowest BCUT2D eigenvalue weighted by molar-refractivity contribution is -0.148. The minimum atomic E-state index is -0.974. The molecule has 5 heteroatoms. The summed E-state index contributed by atoms with van der Waals surface area (Å²) in [6.07, 6.45) is 0.416. The number of aliphatic carboxylic acids is 1. The van der Waals surface area contributed by atoms with Crippen molar-refractivity contribution >= 4 is 27.8 Å². The number of carboxylic acid groups (broad SMARTS) is 1. The summed E-state index contributed by atoms with van der Waals surface area (Å²) in [5.41, 5.74) is 2.70. The normalized spacial score (nSPS) is 20.2. The van der Waals surface area contributed by atoms with Gasteiger partial charge in [0, 0.05) is 18.3 Å². The Morgan fingerprint density at radius 2 is 2.00 bits per heavy atom. The third-order valence-corrected chi connectivity index (χ3v) is 4.48. The Kier molecular flexibility index (Phi) is 4.48. The summed E-state index contributed by atoms with van der Waals surface area (Å²) in [7, 11) is 0. The smallest absolute Gasteiger partial charge is 0.331 e. The van der Waals surface area contributed by atoms with E-state index in [0.717, 1.165) is 11.1 Å². The van der Waals surface area contributed by atoms with Gasteiger partial charge in [0.05, 0.1) is 0 Å². The second kappa shape index (κ2) is 5.95. The van der Waals surface area contributed by atoms with E-state index >= 15 is 0 Å². The SMILES string of the molecule is Cc1cc(C)cc(C(C(=O)O)N2CC(CBr)CC2=O)c1. The summed E-state index contributed by atoms with van der Waals surface area (Å²) in [5.74, 6) is -0.866. The number of benzene rings is 1. The molecular weight excluding hydrogens is 322 g/mol.